The molecule has 8 N–H and O–H groups in total. The van der Waals surface area contributed by atoms with Gasteiger partial charge in [-0.05, 0) is 191 Å². The van der Waals surface area contributed by atoms with Crippen LogP contribution in [0.3, 0.4) is 0 Å². The van der Waals surface area contributed by atoms with Gasteiger partial charge in [0.05, 0.1) is 0 Å². The Balaban J connectivity index is 0.000000194. The SMILES string of the molecule is CC(C)(c1ccc(Oc2ccc(N)cc2)cc1)c1ccc(Oc2ccc(N)cc2)cc1.CC(C)c1ccccc1C(C)C.Nc1ccc(Oc2ccc(C(c3ccc(Oc4ccc(N)cc4)cc3)(C(F)(F)F)C(F)(F)F)cc2)cc1. The summed E-state index contributed by atoms with van der Waals surface area (Å²) in [6.45, 7) is 13.4. The van der Waals surface area contributed by atoms with E-state index < -0.39 is 28.9 Å². The summed E-state index contributed by atoms with van der Waals surface area (Å²) in [6.07, 6.45) is -11.4. The summed E-state index contributed by atoms with van der Waals surface area (Å²) in [7, 11) is 0. The van der Waals surface area contributed by atoms with Crippen molar-refractivity contribution in [1.29, 1.82) is 0 Å². The molecule has 9 aromatic carbocycles. The van der Waals surface area contributed by atoms with Crippen molar-refractivity contribution >= 4 is 22.7 Å². The molecule has 414 valence electrons. The third kappa shape index (κ3) is 14.5. The molecule has 14 heteroatoms. The molecule has 0 aliphatic carbocycles. The molecule has 0 aliphatic rings. The largest absolute Gasteiger partial charge is 0.457 e. The standard InChI is InChI=1S/C27H20F6N2O2.C27H26N2O2.C12H18/c28-26(29,30)25(27(31,32)33,17-1-9-21(10-2-17)36-23-13-5-19(34)6-14-23)18-3-11-22(12-4-18)37-24-15-7-20(35)8-16-24;1-27(2,19-3-11-23(12-4-19)30-25-15-7-21(28)8-16-25)20-5-13-24(14-6-20)31-26-17-9-22(29)10-18-26;1-9(2)11-7-5-6-8-12(11)10(3)4/h1-16H,34-35H2;3-18H,28-29H2,1-2H3;5-10H,1-4H3. The molecule has 9 rings (SSSR count). The van der Waals surface area contributed by atoms with Crippen LogP contribution in [0.25, 0.3) is 0 Å². The summed E-state index contributed by atoms with van der Waals surface area (Å²) in [5.74, 6) is 5.13. The van der Waals surface area contributed by atoms with Gasteiger partial charge in [0, 0.05) is 28.2 Å². The maximum absolute atomic E-state index is 14.4. The highest BCUT2D eigenvalue weighted by Gasteiger charge is 2.72. The van der Waals surface area contributed by atoms with Gasteiger partial charge in [0.2, 0.25) is 5.41 Å². The summed E-state index contributed by atoms with van der Waals surface area (Å²) in [5.41, 5.74) is 23.9. The Morgan fingerprint density at radius 3 is 0.662 bits per heavy atom. The van der Waals surface area contributed by atoms with Crippen molar-refractivity contribution in [2.24, 2.45) is 0 Å². The van der Waals surface area contributed by atoms with E-state index in [-0.39, 0.29) is 16.9 Å². The summed E-state index contributed by atoms with van der Waals surface area (Å²) in [4.78, 5) is 0. The minimum absolute atomic E-state index is 0.0546. The van der Waals surface area contributed by atoms with Crippen LogP contribution in [0.1, 0.15) is 86.8 Å². The van der Waals surface area contributed by atoms with Crippen LogP contribution >= 0.6 is 0 Å². The second-order valence-corrected chi connectivity index (χ2v) is 20.1. The molecule has 80 heavy (non-hydrogen) atoms. The van der Waals surface area contributed by atoms with E-state index in [1.165, 1.54) is 46.5 Å². The van der Waals surface area contributed by atoms with E-state index >= 15 is 0 Å². The van der Waals surface area contributed by atoms with E-state index in [0.717, 1.165) is 71.5 Å². The van der Waals surface area contributed by atoms with Crippen molar-refractivity contribution < 1.29 is 45.3 Å². The first-order chi connectivity index (χ1) is 37.9. The maximum Gasteiger partial charge on any atom is 0.411 e. The first-order valence-electron chi connectivity index (χ1n) is 25.7. The molecule has 8 nitrogen and oxygen atoms in total. The average molecular weight is 1090 g/mol. The fraction of sp³-hybridized carbons (Fsp3) is 0.182. The molecule has 0 amide bonds. The van der Waals surface area contributed by atoms with E-state index in [1.807, 2.05) is 72.8 Å². The third-order valence-corrected chi connectivity index (χ3v) is 13.3. The number of halogens is 6. The Kier molecular flexibility index (Phi) is 18.5. The smallest absolute Gasteiger partial charge is 0.411 e. The van der Waals surface area contributed by atoms with Gasteiger partial charge in [-0.1, -0.05) is 114 Å². The van der Waals surface area contributed by atoms with Crippen LogP contribution in [0.15, 0.2) is 218 Å². The highest BCUT2D eigenvalue weighted by Crippen LogP contribution is 2.56. The van der Waals surface area contributed by atoms with Crippen molar-refractivity contribution in [1.82, 2.24) is 0 Å². The van der Waals surface area contributed by atoms with Gasteiger partial charge >= 0.3 is 12.4 Å². The number of anilines is 4. The van der Waals surface area contributed by atoms with Gasteiger partial charge in [-0.15, -0.1) is 0 Å². The number of hydrogen-bond acceptors (Lipinski definition) is 8. The molecule has 0 heterocycles. The molecule has 0 spiro atoms. The van der Waals surface area contributed by atoms with Gasteiger partial charge in [-0.3, -0.25) is 0 Å². The zero-order chi connectivity index (χ0) is 57.8. The third-order valence-electron chi connectivity index (χ3n) is 13.3. The Morgan fingerprint density at radius 1 is 0.287 bits per heavy atom. The van der Waals surface area contributed by atoms with Gasteiger partial charge < -0.3 is 41.9 Å². The van der Waals surface area contributed by atoms with Crippen LogP contribution in [-0.2, 0) is 10.8 Å². The fourth-order valence-corrected chi connectivity index (χ4v) is 8.82. The molecule has 9 aromatic rings. The summed E-state index contributed by atoms with van der Waals surface area (Å²) in [5, 5.41) is 0. The molecular weight excluding hydrogens is 1030 g/mol. The second kappa shape index (κ2) is 25.2. The van der Waals surface area contributed by atoms with Crippen LogP contribution in [0, 0.1) is 0 Å². The van der Waals surface area contributed by atoms with E-state index in [9.17, 15) is 26.3 Å². The van der Waals surface area contributed by atoms with Gasteiger partial charge in [0.15, 0.2) is 0 Å². The lowest BCUT2D eigenvalue weighted by Crippen LogP contribution is -2.54. The maximum atomic E-state index is 14.4. The van der Waals surface area contributed by atoms with Gasteiger partial charge in [0.1, 0.15) is 46.0 Å². The van der Waals surface area contributed by atoms with Crippen molar-refractivity contribution in [3.8, 4) is 46.0 Å². The summed E-state index contributed by atoms with van der Waals surface area (Å²) < 4.78 is 109. The highest BCUT2D eigenvalue weighted by molar-refractivity contribution is 5.51. The fourth-order valence-electron chi connectivity index (χ4n) is 8.82. The van der Waals surface area contributed by atoms with Crippen LogP contribution in [0.4, 0.5) is 49.1 Å². The van der Waals surface area contributed by atoms with Gasteiger partial charge in [-0.25, -0.2) is 0 Å². The van der Waals surface area contributed by atoms with Crippen molar-refractivity contribution in [3.05, 3.63) is 252 Å². The Bertz CT molecular complexity index is 3140. The molecule has 0 radical (unpaired) electrons. The molecule has 0 aromatic heterocycles. The number of rotatable bonds is 14. The lowest BCUT2D eigenvalue weighted by molar-refractivity contribution is -0.288. The van der Waals surface area contributed by atoms with E-state index in [0.29, 0.717) is 46.1 Å². The van der Waals surface area contributed by atoms with Crippen LogP contribution in [-0.4, -0.2) is 12.4 Å². The number of nitrogen functional groups attached to an aromatic ring is 4. The van der Waals surface area contributed by atoms with Crippen molar-refractivity contribution in [3.63, 3.8) is 0 Å². The minimum atomic E-state index is -5.72. The second-order valence-electron chi connectivity index (χ2n) is 20.1. The molecule has 0 saturated carbocycles. The predicted molar refractivity (Wildman–Crippen MR) is 309 cm³/mol. The normalized spacial score (nSPS) is 11.7. The first kappa shape index (κ1) is 58.6. The first-order valence-corrected chi connectivity index (χ1v) is 25.7. The molecule has 0 bridgehead atoms. The molecular formula is C66H64F6N4O4. The lowest BCUT2D eigenvalue weighted by Gasteiger charge is -2.38. The number of hydrogen-bond donors (Lipinski definition) is 4. The minimum Gasteiger partial charge on any atom is -0.457 e. The van der Waals surface area contributed by atoms with Crippen molar-refractivity contribution in [2.45, 2.75) is 76.6 Å². The van der Waals surface area contributed by atoms with Crippen LogP contribution in [0.2, 0.25) is 0 Å². The van der Waals surface area contributed by atoms with Gasteiger partial charge in [-0.2, -0.15) is 26.3 Å². The molecule has 0 aliphatic heterocycles. The summed E-state index contributed by atoms with van der Waals surface area (Å²) in [6, 6.07) is 59.4. The lowest BCUT2D eigenvalue weighted by atomic mass is 9.73. The molecule has 0 saturated heterocycles. The predicted octanol–water partition coefficient (Wildman–Crippen LogP) is 18.5. The van der Waals surface area contributed by atoms with E-state index in [2.05, 4.69) is 90.1 Å². The number of nitrogens with two attached hydrogens (primary N) is 4. The zero-order valence-corrected chi connectivity index (χ0v) is 45.1. The topological polar surface area (TPSA) is 141 Å². The average Bonchev–Trinajstić information content (AvgIpc) is 3.46. The van der Waals surface area contributed by atoms with E-state index in [4.69, 9.17) is 41.9 Å². The Labute approximate surface area is 463 Å². The number of ether oxygens (including phenoxy) is 4. The molecule has 0 atom stereocenters. The van der Waals surface area contributed by atoms with Gasteiger partial charge in [0.25, 0.3) is 0 Å². The Hall–Kier alpha value is -9.04. The van der Waals surface area contributed by atoms with Crippen LogP contribution in [0.5, 0.6) is 46.0 Å². The Morgan fingerprint density at radius 2 is 0.475 bits per heavy atom. The highest BCUT2D eigenvalue weighted by atomic mass is 19.4. The number of benzene rings is 9. The van der Waals surface area contributed by atoms with Crippen LogP contribution < -0.4 is 41.9 Å². The molecule has 0 unspecified atom stereocenters. The monoisotopic (exact) mass is 1090 g/mol. The van der Waals surface area contributed by atoms with Crippen molar-refractivity contribution in [2.75, 3.05) is 22.9 Å². The van der Waals surface area contributed by atoms with E-state index in [1.54, 1.807) is 24.3 Å². The summed E-state index contributed by atoms with van der Waals surface area (Å²) >= 11 is 0. The number of alkyl halides is 6. The molecule has 0 fully saturated rings. The quantitative estimate of drug-likeness (QED) is 0.0623. The zero-order valence-electron chi connectivity index (χ0n) is 45.1.